The van der Waals surface area contributed by atoms with Crippen molar-refractivity contribution in [2.75, 3.05) is 46.5 Å². The van der Waals surface area contributed by atoms with E-state index in [9.17, 15) is 20.3 Å². The number of carbonyl (C=O) groups excluding carboxylic acids is 1. The summed E-state index contributed by atoms with van der Waals surface area (Å²) in [6.07, 6.45) is 1.99. The minimum absolute atomic E-state index is 0.0189. The number of nitrogens with zero attached hydrogens (tertiary/aromatic N) is 3. The Morgan fingerprint density at radius 2 is 1.89 bits per heavy atom. The third kappa shape index (κ3) is 4.81. The van der Waals surface area contributed by atoms with E-state index in [0.29, 0.717) is 43.1 Å². The minimum Gasteiger partial charge on any atom is -0.508 e. The molecule has 7 heterocycles. The number of phenols is 2. The number of likely N-dealkylation sites (N-methyl/N-ethyl adjacent to an activating group) is 1. The first-order valence-corrected chi connectivity index (χ1v) is 19.4. The molecule has 0 aliphatic carbocycles. The van der Waals surface area contributed by atoms with Gasteiger partial charge < -0.3 is 33.9 Å². The number of hydrogen-bond acceptors (Lipinski definition) is 13. The number of aromatic hydroxyl groups is 2. The summed E-state index contributed by atoms with van der Waals surface area (Å²) >= 11 is 1.62. The SMILES string of the molecule is CCCOc1c(C)c2c(c3c1[C@H]1SC[C@]4(NCCc5cc(O)c(OC)cc54)C(=O)OC[C@@H]3N3C1[C@H]1c4c(O)cc(C)cc4C[C@@H]([C@@H]3C#N)N1C)OCO2. The molecule has 12 nitrogen and oxygen atoms in total. The van der Waals surface area contributed by atoms with Gasteiger partial charge in [-0.15, -0.1) is 11.8 Å². The predicted molar refractivity (Wildman–Crippen MR) is 196 cm³/mol. The fraction of sp³-hybridized carbons (Fsp3) is 0.500. The molecule has 0 amide bonds. The zero-order valence-electron chi connectivity index (χ0n) is 30.5. The normalized spacial score (nSPS) is 29.7. The third-order valence-electron chi connectivity index (χ3n) is 12.3. The summed E-state index contributed by atoms with van der Waals surface area (Å²) in [5, 5.41) is 36.8. The Balaban J connectivity index is 1.32. The van der Waals surface area contributed by atoms with Gasteiger partial charge in [0, 0.05) is 46.6 Å². The first kappa shape index (κ1) is 34.4. The van der Waals surface area contributed by atoms with Gasteiger partial charge in [0.2, 0.25) is 6.79 Å². The lowest BCUT2D eigenvalue weighted by molar-refractivity contribution is -0.157. The molecule has 3 aromatic rings. The van der Waals surface area contributed by atoms with Crippen LogP contribution in [0.3, 0.4) is 0 Å². The van der Waals surface area contributed by atoms with Crippen LogP contribution >= 0.6 is 11.8 Å². The van der Waals surface area contributed by atoms with Crippen molar-refractivity contribution in [2.45, 2.75) is 81.0 Å². The maximum absolute atomic E-state index is 14.7. The Morgan fingerprint density at radius 1 is 1.08 bits per heavy atom. The fourth-order valence-corrected chi connectivity index (χ4v) is 11.7. The Labute approximate surface area is 312 Å². The van der Waals surface area contributed by atoms with Crippen molar-refractivity contribution >= 4 is 17.7 Å². The molecule has 278 valence electrons. The standard InChI is InChI=1S/C40H44N4O8S/c1-6-9-49-35-20(3)36-37(52-18-51-36)31-26-16-50-39(47)40(23-14-29(48-5)27(45)13-21(23)7-8-42-40)17-53-38(32(31)35)34-33-30-22(10-19(2)11-28(30)46)12-24(43(33)4)25(15-41)44(26)34/h10-11,13-14,24-26,33-34,38,42,45-46H,6-9,12,16-18H2,1-5H3/t24-,25-,26-,33+,34?,38+,40+/m0/s1. The molecule has 1 spiro atoms. The molecule has 53 heavy (non-hydrogen) atoms. The molecule has 2 fully saturated rings. The molecule has 0 aromatic heterocycles. The van der Waals surface area contributed by atoms with Crippen LogP contribution < -0.4 is 24.3 Å². The molecule has 7 atom stereocenters. The second kappa shape index (κ2) is 12.6. The zero-order valence-corrected chi connectivity index (χ0v) is 31.3. The Bertz CT molecular complexity index is 2090. The zero-order chi connectivity index (χ0) is 36.9. The van der Waals surface area contributed by atoms with Gasteiger partial charge >= 0.3 is 5.97 Å². The highest BCUT2D eigenvalue weighted by Crippen LogP contribution is 2.64. The molecule has 0 radical (unpaired) electrons. The van der Waals surface area contributed by atoms with Crippen LogP contribution in [0, 0.1) is 25.2 Å². The topological polar surface area (TPSA) is 146 Å². The van der Waals surface area contributed by atoms with Crippen molar-refractivity contribution in [2.24, 2.45) is 0 Å². The largest absolute Gasteiger partial charge is 0.508 e. The number of carbonyl (C=O) groups is 1. The number of hydrogen-bond donors (Lipinski definition) is 3. The number of aryl methyl sites for hydroxylation is 1. The van der Waals surface area contributed by atoms with E-state index < -0.39 is 23.6 Å². The van der Waals surface area contributed by atoms with E-state index in [1.165, 1.54) is 7.11 Å². The summed E-state index contributed by atoms with van der Waals surface area (Å²) in [4.78, 5) is 19.3. The Hall–Kier alpha value is -4.35. The summed E-state index contributed by atoms with van der Waals surface area (Å²) < 4.78 is 31.1. The van der Waals surface area contributed by atoms with Gasteiger partial charge in [-0.25, -0.2) is 4.79 Å². The Morgan fingerprint density at radius 3 is 2.66 bits per heavy atom. The predicted octanol–water partition coefficient (Wildman–Crippen LogP) is 4.84. The van der Waals surface area contributed by atoms with Gasteiger partial charge in [0.25, 0.3) is 0 Å². The quantitative estimate of drug-likeness (QED) is 0.314. The molecular weight excluding hydrogens is 697 g/mol. The lowest BCUT2D eigenvalue weighted by Crippen LogP contribution is -2.69. The van der Waals surface area contributed by atoms with Crippen molar-refractivity contribution < 1.29 is 38.7 Å². The average molecular weight is 741 g/mol. The highest BCUT2D eigenvalue weighted by molar-refractivity contribution is 7.99. The fourth-order valence-electron chi connectivity index (χ4n) is 10.0. The monoisotopic (exact) mass is 740 g/mol. The van der Waals surface area contributed by atoms with Crippen molar-refractivity contribution in [1.29, 1.82) is 5.26 Å². The van der Waals surface area contributed by atoms with Crippen LogP contribution in [0.25, 0.3) is 0 Å². The van der Waals surface area contributed by atoms with Crippen LogP contribution in [0.5, 0.6) is 34.5 Å². The number of nitriles is 1. The molecule has 0 saturated carbocycles. The lowest BCUT2D eigenvalue weighted by Gasteiger charge is -2.62. The van der Waals surface area contributed by atoms with Crippen molar-refractivity contribution in [3.63, 3.8) is 0 Å². The van der Waals surface area contributed by atoms with Crippen LogP contribution in [-0.2, 0) is 27.9 Å². The molecule has 3 N–H and O–H groups in total. The summed E-state index contributed by atoms with van der Waals surface area (Å²) in [5.74, 6) is 2.29. The summed E-state index contributed by atoms with van der Waals surface area (Å²) in [5.41, 5.74) is 5.80. The smallest absolute Gasteiger partial charge is 0.331 e. The number of nitrogens with one attached hydrogen (secondary N) is 1. The van der Waals surface area contributed by atoms with Crippen LogP contribution in [0.15, 0.2) is 24.3 Å². The maximum atomic E-state index is 14.7. The number of benzene rings is 3. The highest BCUT2D eigenvalue weighted by atomic mass is 32.2. The van der Waals surface area contributed by atoms with Crippen molar-refractivity contribution in [3.05, 3.63) is 68.8 Å². The van der Waals surface area contributed by atoms with Gasteiger partial charge in [-0.3, -0.25) is 15.1 Å². The number of ether oxygens (including phenoxy) is 5. The molecule has 10 rings (SSSR count). The molecule has 4 bridgehead atoms. The number of methoxy groups -OCH3 is 1. The van der Waals surface area contributed by atoms with E-state index in [2.05, 4.69) is 41.2 Å². The number of fused-ring (bicyclic) bond motifs is 9. The molecule has 7 aliphatic rings. The highest BCUT2D eigenvalue weighted by Gasteiger charge is 2.61. The van der Waals surface area contributed by atoms with Gasteiger partial charge in [-0.2, -0.15) is 5.26 Å². The third-order valence-corrected chi connectivity index (χ3v) is 13.7. The second-order valence-electron chi connectivity index (χ2n) is 15.1. The van der Waals surface area contributed by atoms with E-state index in [-0.39, 0.29) is 59.8 Å². The number of esters is 1. The molecule has 3 aromatic carbocycles. The number of piperazine rings is 1. The molecule has 1 unspecified atom stereocenters. The molecule has 2 saturated heterocycles. The average Bonchev–Trinajstić information content (AvgIpc) is 3.63. The minimum atomic E-state index is -1.26. The van der Waals surface area contributed by atoms with E-state index >= 15 is 0 Å². The lowest BCUT2D eigenvalue weighted by atomic mass is 9.71. The first-order valence-electron chi connectivity index (χ1n) is 18.4. The number of phenolic OH excluding ortho intramolecular Hbond substituents is 2. The van der Waals surface area contributed by atoms with E-state index in [1.54, 1.807) is 23.9 Å². The van der Waals surface area contributed by atoms with Crippen molar-refractivity contribution in [3.8, 4) is 40.6 Å². The van der Waals surface area contributed by atoms with Gasteiger partial charge in [0.15, 0.2) is 28.5 Å². The summed E-state index contributed by atoms with van der Waals surface area (Å²) in [7, 11) is 3.56. The van der Waals surface area contributed by atoms with Crippen LogP contribution in [-0.4, -0.2) is 90.6 Å². The van der Waals surface area contributed by atoms with E-state index in [0.717, 1.165) is 51.1 Å². The summed E-state index contributed by atoms with van der Waals surface area (Å²) in [6, 6.07) is 8.09. The van der Waals surface area contributed by atoms with E-state index in [1.807, 2.05) is 19.9 Å². The molecule has 13 heteroatoms. The van der Waals surface area contributed by atoms with Crippen LogP contribution in [0.2, 0.25) is 0 Å². The molecular formula is C40H44N4O8S. The first-order chi connectivity index (χ1) is 25.6. The van der Waals surface area contributed by atoms with Gasteiger partial charge in [-0.05, 0) is 80.6 Å². The van der Waals surface area contributed by atoms with Gasteiger partial charge in [-0.1, -0.05) is 13.0 Å². The summed E-state index contributed by atoms with van der Waals surface area (Å²) in [6.45, 7) is 7.02. The van der Waals surface area contributed by atoms with Crippen molar-refractivity contribution in [1.82, 2.24) is 15.1 Å². The molecule has 7 aliphatic heterocycles. The van der Waals surface area contributed by atoms with Gasteiger partial charge in [0.05, 0.1) is 37.1 Å². The van der Waals surface area contributed by atoms with Crippen LogP contribution in [0.4, 0.5) is 0 Å². The van der Waals surface area contributed by atoms with Gasteiger partial charge in [0.1, 0.15) is 24.1 Å². The van der Waals surface area contributed by atoms with E-state index in [4.69, 9.17) is 23.7 Å². The second-order valence-corrected chi connectivity index (χ2v) is 16.2. The Kier molecular flexibility index (Phi) is 8.20. The number of rotatable bonds is 4. The van der Waals surface area contributed by atoms with Crippen LogP contribution in [0.1, 0.15) is 75.2 Å². The number of thioether (sulfide) groups is 1. The maximum Gasteiger partial charge on any atom is 0.331 e.